The highest BCUT2D eigenvalue weighted by Crippen LogP contribution is 2.31. The number of rotatable bonds is 3. The summed E-state index contributed by atoms with van der Waals surface area (Å²) in [6, 6.07) is 10.2. The van der Waals surface area contributed by atoms with Crippen LogP contribution in [-0.2, 0) is 6.54 Å². The molecule has 0 radical (unpaired) electrons. The number of hydrogen-bond donors (Lipinski definition) is 3. The summed E-state index contributed by atoms with van der Waals surface area (Å²) in [5.41, 5.74) is 11.2. The summed E-state index contributed by atoms with van der Waals surface area (Å²) < 4.78 is 0. The predicted molar refractivity (Wildman–Crippen MR) is 93.0 cm³/mol. The van der Waals surface area contributed by atoms with Crippen molar-refractivity contribution in [2.45, 2.75) is 6.54 Å². The average molecular weight is 306 g/mol. The number of H-pyrrole nitrogens is 2. The number of benzene rings is 1. The molecule has 3 heterocycles. The molecule has 0 amide bonds. The molecular formula is C17H18N6. The third-order valence-corrected chi connectivity index (χ3v) is 3.96. The Kier molecular flexibility index (Phi) is 3.06. The number of aromatic amines is 2. The fraction of sp³-hybridized carbons (Fsp3) is 0.176. The quantitative estimate of drug-likeness (QED) is 0.543. The SMILES string of the molecule is CN(C)Cc1cc2c(N)nc3cc(-c4ccn[nH]4)ccc3c2[nH]1. The summed E-state index contributed by atoms with van der Waals surface area (Å²) in [5, 5.41) is 9.02. The van der Waals surface area contributed by atoms with Gasteiger partial charge >= 0.3 is 0 Å². The molecule has 0 aliphatic heterocycles. The maximum atomic E-state index is 6.17. The standard InChI is InChI=1S/C17H18N6/c1-23(2)9-11-8-13-16(20-11)12-4-3-10(14-5-6-19-22-14)7-15(12)21-17(13)18/h3-8,20H,9H2,1-2H3,(H2,18,21)(H,19,22). The lowest BCUT2D eigenvalue weighted by Gasteiger charge is -2.06. The second-order valence-electron chi connectivity index (χ2n) is 6.02. The van der Waals surface area contributed by atoms with E-state index < -0.39 is 0 Å². The lowest BCUT2D eigenvalue weighted by Crippen LogP contribution is -2.10. The number of nitrogens with one attached hydrogen (secondary N) is 2. The minimum absolute atomic E-state index is 0.551. The average Bonchev–Trinajstić information content (AvgIpc) is 3.15. The van der Waals surface area contributed by atoms with E-state index in [9.17, 15) is 0 Å². The molecule has 4 aromatic rings. The zero-order valence-corrected chi connectivity index (χ0v) is 13.1. The lowest BCUT2D eigenvalue weighted by molar-refractivity contribution is 0.398. The van der Waals surface area contributed by atoms with Gasteiger partial charge in [-0.1, -0.05) is 12.1 Å². The van der Waals surface area contributed by atoms with Crippen molar-refractivity contribution in [2.24, 2.45) is 0 Å². The van der Waals surface area contributed by atoms with Crippen molar-refractivity contribution in [2.75, 3.05) is 19.8 Å². The normalized spacial score (nSPS) is 11.8. The third kappa shape index (κ3) is 2.33. The molecule has 0 spiro atoms. The van der Waals surface area contributed by atoms with Crippen molar-refractivity contribution in [1.29, 1.82) is 0 Å². The number of hydrogen-bond acceptors (Lipinski definition) is 4. The molecule has 0 atom stereocenters. The number of nitrogen functional groups attached to an aromatic ring is 1. The molecule has 4 N–H and O–H groups in total. The Hall–Kier alpha value is -2.86. The number of fused-ring (bicyclic) bond motifs is 3. The predicted octanol–water partition coefficient (Wildman–Crippen LogP) is 2.75. The van der Waals surface area contributed by atoms with E-state index in [0.717, 1.165) is 45.3 Å². The topological polar surface area (TPSA) is 86.6 Å². The summed E-state index contributed by atoms with van der Waals surface area (Å²) in [7, 11) is 4.09. The third-order valence-electron chi connectivity index (χ3n) is 3.96. The number of nitrogens with zero attached hydrogens (tertiary/aromatic N) is 3. The van der Waals surface area contributed by atoms with Gasteiger partial charge in [-0.15, -0.1) is 0 Å². The van der Waals surface area contributed by atoms with E-state index in [-0.39, 0.29) is 0 Å². The maximum absolute atomic E-state index is 6.17. The van der Waals surface area contributed by atoms with Crippen LogP contribution in [0.1, 0.15) is 5.69 Å². The largest absolute Gasteiger partial charge is 0.383 e. The summed E-state index contributed by atoms with van der Waals surface area (Å²) in [4.78, 5) is 10.2. The van der Waals surface area contributed by atoms with Gasteiger partial charge in [-0.05, 0) is 32.3 Å². The monoisotopic (exact) mass is 306 g/mol. The van der Waals surface area contributed by atoms with Crippen LogP contribution in [0, 0.1) is 0 Å². The van der Waals surface area contributed by atoms with Gasteiger partial charge in [0.25, 0.3) is 0 Å². The number of pyridine rings is 1. The zero-order chi connectivity index (χ0) is 16.0. The molecule has 0 bridgehead atoms. The zero-order valence-electron chi connectivity index (χ0n) is 13.1. The minimum atomic E-state index is 0.551. The second kappa shape index (κ2) is 5.10. The molecule has 1 aromatic carbocycles. The molecule has 23 heavy (non-hydrogen) atoms. The van der Waals surface area contributed by atoms with Crippen LogP contribution in [0.5, 0.6) is 0 Å². The van der Waals surface area contributed by atoms with Gasteiger partial charge in [0, 0.05) is 34.8 Å². The van der Waals surface area contributed by atoms with Crippen molar-refractivity contribution >= 4 is 27.6 Å². The highest BCUT2D eigenvalue weighted by Gasteiger charge is 2.11. The van der Waals surface area contributed by atoms with Gasteiger partial charge in [0.05, 0.1) is 16.7 Å². The van der Waals surface area contributed by atoms with Crippen LogP contribution in [0.15, 0.2) is 36.5 Å². The second-order valence-corrected chi connectivity index (χ2v) is 6.02. The van der Waals surface area contributed by atoms with Crippen LogP contribution in [0.25, 0.3) is 33.1 Å². The molecule has 6 heteroatoms. The van der Waals surface area contributed by atoms with Crippen LogP contribution in [-0.4, -0.2) is 39.2 Å². The Balaban J connectivity index is 1.92. The molecule has 6 nitrogen and oxygen atoms in total. The van der Waals surface area contributed by atoms with Crippen LogP contribution >= 0.6 is 0 Å². The summed E-state index contributed by atoms with van der Waals surface area (Å²) in [6.45, 7) is 0.835. The van der Waals surface area contributed by atoms with Crippen LogP contribution < -0.4 is 5.73 Å². The molecule has 0 unspecified atom stereocenters. The Morgan fingerprint density at radius 3 is 2.74 bits per heavy atom. The summed E-state index contributed by atoms with van der Waals surface area (Å²) in [6.07, 6.45) is 1.74. The van der Waals surface area contributed by atoms with E-state index in [1.54, 1.807) is 6.20 Å². The fourth-order valence-corrected chi connectivity index (χ4v) is 2.96. The van der Waals surface area contributed by atoms with Gasteiger partial charge < -0.3 is 15.6 Å². The Bertz CT molecular complexity index is 981. The molecule has 4 rings (SSSR count). The molecule has 0 saturated carbocycles. The van der Waals surface area contributed by atoms with Crippen molar-refractivity contribution in [3.05, 3.63) is 42.2 Å². The highest BCUT2D eigenvalue weighted by molar-refractivity contribution is 6.08. The van der Waals surface area contributed by atoms with E-state index in [2.05, 4.69) is 43.3 Å². The fourth-order valence-electron chi connectivity index (χ4n) is 2.96. The molecule has 0 fully saturated rings. The number of anilines is 1. The number of aromatic nitrogens is 4. The van der Waals surface area contributed by atoms with Gasteiger partial charge in [0.2, 0.25) is 0 Å². The summed E-state index contributed by atoms with van der Waals surface area (Å²) >= 11 is 0. The summed E-state index contributed by atoms with van der Waals surface area (Å²) in [5.74, 6) is 0.551. The molecule has 0 saturated heterocycles. The van der Waals surface area contributed by atoms with Gasteiger partial charge in [-0.3, -0.25) is 5.10 Å². The van der Waals surface area contributed by atoms with Crippen LogP contribution in [0.3, 0.4) is 0 Å². The van der Waals surface area contributed by atoms with Crippen LogP contribution in [0.2, 0.25) is 0 Å². The van der Waals surface area contributed by atoms with E-state index in [4.69, 9.17) is 5.73 Å². The van der Waals surface area contributed by atoms with Crippen molar-refractivity contribution in [1.82, 2.24) is 25.1 Å². The van der Waals surface area contributed by atoms with Gasteiger partial charge in [0.1, 0.15) is 5.82 Å². The first-order valence-corrected chi connectivity index (χ1v) is 7.47. The Morgan fingerprint density at radius 2 is 2.00 bits per heavy atom. The highest BCUT2D eigenvalue weighted by atomic mass is 15.1. The van der Waals surface area contributed by atoms with E-state index in [0.29, 0.717) is 5.82 Å². The molecule has 0 aliphatic carbocycles. The smallest absolute Gasteiger partial charge is 0.133 e. The van der Waals surface area contributed by atoms with Gasteiger partial charge in [0.15, 0.2) is 0 Å². The Labute approximate surface area is 133 Å². The van der Waals surface area contributed by atoms with Crippen molar-refractivity contribution in [3.63, 3.8) is 0 Å². The lowest BCUT2D eigenvalue weighted by atomic mass is 10.1. The van der Waals surface area contributed by atoms with Gasteiger partial charge in [-0.25, -0.2) is 4.98 Å². The Morgan fingerprint density at radius 1 is 1.13 bits per heavy atom. The van der Waals surface area contributed by atoms with E-state index in [1.165, 1.54) is 0 Å². The molecule has 0 aliphatic rings. The van der Waals surface area contributed by atoms with E-state index in [1.807, 2.05) is 26.2 Å². The molecule has 116 valence electrons. The maximum Gasteiger partial charge on any atom is 0.133 e. The van der Waals surface area contributed by atoms with E-state index >= 15 is 0 Å². The van der Waals surface area contributed by atoms with Gasteiger partial charge in [-0.2, -0.15) is 5.10 Å². The first-order valence-electron chi connectivity index (χ1n) is 7.47. The van der Waals surface area contributed by atoms with Crippen molar-refractivity contribution in [3.8, 4) is 11.3 Å². The first kappa shape index (κ1) is 13.8. The van der Waals surface area contributed by atoms with Crippen molar-refractivity contribution < 1.29 is 0 Å². The number of nitrogens with two attached hydrogens (primary N) is 1. The first-order chi connectivity index (χ1) is 11.1. The minimum Gasteiger partial charge on any atom is -0.383 e. The van der Waals surface area contributed by atoms with Crippen LogP contribution in [0.4, 0.5) is 5.82 Å². The molecular weight excluding hydrogens is 288 g/mol. The molecule has 3 aromatic heterocycles.